The van der Waals surface area contributed by atoms with Gasteiger partial charge in [0.15, 0.2) is 0 Å². The summed E-state index contributed by atoms with van der Waals surface area (Å²) >= 11 is 1.50. The summed E-state index contributed by atoms with van der Waals surface area (Å²) in [5.41, 5.74) is 4.41. The number of benzene rings is 2. The normalized spacial score (nSPS) is 18.2. The Morgan fingerprint density at radius 1 is 1.24 bits per heavy atom. The summed E-state index contributed by atoms with van der Waals surface area (Å²) in [5.74, 6) is -0.0931. The molecule has 7 heteroatoms. The highest BCUT2D eigenvalue weighted by atomic mass is 32.1. The van der Waals surface area contributed by atoms with Gasteiger partial charge in [-0.15, -0.1) is 11.3 Å². The first-order valence-corrected chi connectivity index (χ1v) is 10.6. The molecule has 2 aromatic carbocycles. The smallest absolute Gasteiger partial charge is 0.251 e. The lowest BCUT2D eigenvalue weighted by Crippen LogP contribution is -2.47. The van der Waals surface area contributed by atoms with Crippen molar-refractivity contribution in [2.24, 2.45) is 0 Å². The van der Waals surface area contributed by atoms with Crippen LogP contribution in [0.3, 0.4) is 0 Å². The molecule has 1 atom stereocenters. The SMILES string of the molecule is CNC(=O)C1(CCNC(=O)c2ccc3ncsc3c2)CCCc2ccc(O)cc21. The van der Waals surface area contributed by atoms with Crippen LogP contribution in [0.15, 0.2) is 41.9 Å². The molecule has 150 valence electrons. The van der Waals surface area contributed by atoms with Crippen LogP contribution in [-0.2, 0) is 16.6 Å². The Morgan fingerprint density at radius 3 is 2.93 bits per heavy atom. The van der Waals surface area contributed by atoms with Crippen molar-refractivity contribution in [3.8, 4) is 5.75 Å². The molecule has 1 aliphatic rings. The van der Waals surface area contributed by atoms with Gasteiger partial charge in [0.1, 0.15) is 5.75 Å². The van der Waals surface area contributed by atoms with E-state index >= 15 is 0 Å². The maximum Gasteiger partial charge on any atom is 0.251 e. The highest BCUT2D eigenvalue weighted by Gasteiger charge is 2.42. The monoisotopic (exact) mass is 409 g/mol. The van der Waals surface area contributed by atoms with E-state index in [0.29, 0.717) is 24.9 Å². The highest BCUT2D eigenvalue weighted by Crippen LogP contribution is 2.41. The maximum absolute atomic E-state index is 12.9. The van der Waals surface area contributed by atoms with Gasteiger partial charge in [0.05, 0.1) is 21.1 Å². The van der Waals surface area contributed by atoms with Crippen LogP contribution in [0.4, 0.5) is 0 Å². The van der Waals surface area contributed by atoms with E-state index in [1.54, 1.807) is 30.8 Å². The van der Waals surface area contributed by atoms with Crippen LogP contribution in [0.5, 0.6) is 5.75 Å². The van der Waals surface area contributed by atoms with E-state index in [2.05, 4.69) is 15.6 Å². The van der Waals surface area contributed by atoms with Crippen LogP contribution in [0.1, 0.15) is 40.7 Å². The van der Waals surface area contributed by atoms with E-state index in [-0.39, 0.29) is 17.6 Å². The fourth-order valence-electron chi connectivity index (χ4n) is 4.28. The largest absolute Gasteiger partial charge is 0.508 e. The summed E-state index contributed by atoms with van der Waals surface area (Å²) in [6, 6.07) is 10.7. The van der Waals surface area contributed by atoms with E-state index in [1.807, 2.05) is 18.2 Å². The van der Waals surface area contributed by atoms with Crippen molar-refractivity contribution in [2.45, 2.75) is 31.1 Å². The van der Waals surface area contributed by atoms with Crippen molar-refractivity contribution in [2.75, 3.05) is 13.6 Å². The first-order chi connectivity index (χ1) is 14.0. The molecule has 0 radical (unpaired) electrons. The molecular weight excluding hydrogens is 386 g/mol. The Bertz CT molecular complexity index is 1080. The number of amides is 2. The predicted octanol–water partition coefficient (Wildman–Crippen LogP) is 3.14. The number of carbonyl (C=O) groups excluding carboxylic acids is 2. The summed E-state index contributed by atoms with van der Waals surface area (Å²) in [6.45, 7) is 0.363. The van der Waals surface area contributed by atoms with E-state index in [1.165, 1.54) is 11.3 Å². The fraction of sp³-hybridized carbons (Fsp3) is 0.318. The zero-order chi connectivity index (χ0) is 20.4. The fourth-order valence-corrected chi connectivity index (χ4v) is 5.00. The zero-order valence-electron chi connectivity index (χ0n) is 16.2. The van der Waals surface area contributed by atoms with Crippen molar-refractivity contribution in [3.63, 3.8) is 0 Å². The Labute approximate surface area is 173 Å². The number of hydrogen-bond acceptors (Lipinski definition) is 5. The average Bonchev–Trinajstić information content (AvgIpc) is 3.21. The van der Waals surface area contributed by atoms with E-state index in [0.717, 1.165) is 34.2 Å². The molecule has 0 fully saturated rings. The number of phenols is 1. The van der Waals surface area contributed by atoms with Gasteiger partial charge in [0, 0.05) is 19.2 Å². The lowest BCUT2D eigenvalue weighted by molar-refractivity contribution is -0.127. The number of aromatic nitrogens is 1. The summed E-state index contributed by atoms with van der Waals surface area (Å²) < 4.78 is 0.969. The molecule has 0 spiro atoms. The van der Waals surface area contributed by atoms with E-state index < -0.39 is 5.41 Å². The Balaban J connectivity index is 1.54. The molecule has 3 N–H and O–H groups in total. The zero-order valence-corrected chi connectivity index (χ0v) is 17.0. The molecule has 1 aliphatic carbocycles. The summed E-state index contributed by atoms with van der Waals surface area (Å²) in [4.78, 5) is 29.8. The topological polar surface area (TPSA) is 91.3 Å². The number of carbonyl (C=O) groups is 2. The first-order valence-electron chi connectivity index (χ1n) is 9.69. The van der Waals surface area contributed by atoms with Crippen molar-refractivity contribution < 1.29 is 14.7 Å². The lowest BCUT2D eigenvalue weighted by Gasteiger charge is -2.37. The molecule has 0 bridgehead atoms. The third-order valence-corrected chi connectivity index (χ3v) is 6.54. The number of thiazole rings is 1. The molecule has 0 saturated heterocycles. The van der Waals surface area contributed by atoms with Gasteiger partial charge in [-0.05, 0) is 67.1 Å². The van der Waals surface area contributed by atoms with Crippen LogP contribution in [0.25, 0.3) is 10.2 Å². The van der Waals surface area contributed by atoms with Crippen molar-refractivity contribution in [3.05, 3.63) is 58.6 Å². The number of hydrogen-bond donors (Lipinski definition) is 3. The van der Waals surface area contributed by atoms with Gasteiger partial charge in [-0.1, -0.05) is 6.07 Å². The molecule has 2 amide bonds. The van der Waals surface area contributed by atoms with Gasteiger partial charge >= 0.3 is 0 Å². The molecular formula is C22H23N3O3S. The Morgan fingerprint density at radius 2 is 2.10 bits per heavy atom. The molecule has 4 rings (SSSR count). The minimum absolute atomic E-state index is 0.0793. The van der Waals surface area contributed by atoms with Gasteiger partial charge in [-0.3, -0.25) is 9.59 Å². The molecule has 1 unspecified atom stereocenters. The van der Waals surface area contributed by atoms with Gasteiger partial charge < -0.3 is 15.7 Å². The van der Waals surface area contributed by atoms with Crippen molar-refractivity contribution in [1.29, 1.82) is 0 Å². The number of aromatic hydroxyl groups is 1. The quantitative estimate of drug-likeness (QED) is 0.604. The first kappa shape index (κ1) is 19.4. The van der Waals surface area contributed by atoms with Crippen LogP contribution >= 0.6 is 11.3 Å². The van der Waals surface area contributed by atoms with Gasteiger partial charge in [-0.2, -0.15) is 0 Å². The van der Waals surface area contributed by atoms with Gasteiger partial charge in [0.25, 0.3) is 5.91 Å². The Kier molecular flexibility index (Phi) is 5.24. The molecule has 6 nitrogen and oxygen atoms in total. The summed E-state index contributed by atoms with van der Waals surface area (Å²) in [5, 5.41) is 15.7. The number of phenolic OH excluding ortho intramolecular Hbond substituents is 1. The maximum atomic E-state index is 12.9. The molecule has 1 heterocycles. The van der Waals surface area contributed by atoms with Gasteiger partial charge in [-0.25, -0.2) is 4.98 Å². The number of nitrogens with one attached hydrogen (secondary N) is 2. The minimum Gasteiger partial charge on any atom is -0.508 e. The summed E-state index contributed by atoms with van der Waals surface area (Å²) in [7, 11) is 1.63. The molecule has 29 heavy (non-hydrogen) atoms. The van der Waals surface area contributed by atoms with Crippen LogP contribution in [0.2, 0.25) is 0 Å². The van der Waals surface area contributed by atoms with E-state index in [4.69, 9.17) is 0 Å². The number of likely N-dealkylation sites (N-methyl/N-ethyl adjacent to an activating group) is 1. The van der Waals surface area contributed by atoms with Crippen LogP contribution in [-0.4, -0.2) is 35.5 Å². The number of fused-ring (bicyclic) bond motifs is 2. The van der Waals surface area contributed by atoms with Crippen LogP contribution in [0, 0.1) is 0 Å². The second-order valence-electron chi connectivity index (χ2n) is 7.40. The standard InChI is InChI=1S/C22H23N3O3S/c1-23-21(28)22(8-2-3-14-4-6-16(26)12-17(14)22)9-10-24-20(27)15-5-7-18-19(11-15)29-13-25-18/h4-7,11-13,26H,2-3,8-10H2,1H3,(H,23,28)(H,24,27). The van der Waals surface area contributed by atoms with Crippen LogP contribution < -0.4 is 10.6 Å². The number of nitrogens with zero attached hydrogens (tertiary/aromatic N) is 1. The highest BCUT2D eigenvalue weighted by molar-refractivity contribution is 7.16. The molecule has 3 aromatic rings. The molecule has 0 aliphatic heterocycles. The minimum atomic E-state index is -0.754. The van der Waals surface area contributed by atoms with E-state index in [9.17, 15) is 14.7 Å². The van der Waals surface area contributed by atoms with Gasteiger partial charge in [0.2, 0.25) is 5.91 Å². The third-order valence-electron chi connectivity index (χ3n) is 5.75. The molecule has 0 saturated carbocycles. The second-order valence-corrected chi connectivity index (χ2v) is 8.28. The summed E-state index contributed by atoms with van der Waals surface area (Å²) in [6.07, 6.45) is 2.93. The van der Waals surface area contributed by atoms with Crippen molar-refractivity contribution in [1.82, 2.24) is 15.6 Å². The lowest BCUT2D eigenvalue weighted by atomic mass is 9.67. The average molecular weight is 410 g/mol. The third kappa shape index (κ3) is 3.58. The number of aryl methyl sites for hydroxylation is 1. The Hall–Kier alpha value is -2.93. The second kappa shape index (κ2) is 7.83. The number of rotatable bonds is 5. The predicted molar refractivity (Wildman–Crippen MR) is 113 cm³/mol. The van der Waals surface area contributed by atoms with Crippen molar-refractivity contribution >= 4 is 33.4 Å². The molecule has 1 aromatic heterocycles.